The topological polar surface area (TPSA) is 108 Å². The fourth-order valence-corrected chi connectivity index (χ4v) is 3.02. The number of nitrogens with one attached hydrogen (secondary N) is 1. The van der Waals surface area contributed by atoms with Crippen molar-refractivity contribution < 1.29 is 18.3 Å². The molecule has 0 saturated heterocycles. The van der Waals surface area contributed by atoms with E-state index in [2.05, 4.69) is 32.0 Å². The number of ether oxygens (including phenoxy) is 1. The van der Waals surface area contributed by atoms with Gasteiger partial charge in [-0.1, -0.05) is 25.5 Å². The summed E-state index contributed by atoms with van der Waals surface area (Å²) in [4.78, 5) is 19.5. The number of nitrogens with two attached hydrogens (primary N) is 1. The van der Waals surface area contributed by atoms with Crippen LogP contribution < -0.4 is 11.1 Å². The van der Waals surface area contributed by atoms with Gasteiger partial charge in [0, 0.05) is 24.5 Å². The predicted molar refractivity (Wildman–Crippen MR) is 101 cm³/mol. The smallest absolute Gasteiger partial charge is 0.387 e. The molecule has 0 radical (unpaired) electrons. The highest BCUT2D eigenvalue weighted by atomic mass is 19.3. The highest BCUT2D eigenvalue weighted by Gasteiger charge is 2.22. The van der Waals surface area contributed by atoms with E-state index < -0.39 is 12.5 Å². The minimum absolute atomic E-state index is 0.0788. The van der Waals surface area contributed by atoms with Gasteiger partial charge in [0.1, 0.15) is 23.1 Å². The molecule has 1 aliphatic rings. The molecule has 10 heteroatoms. The van der Waals surface area contributed by atoms with E-state index >= 15 is 0 Å². The Morgan fingerprint density at radius 2 is 2.29 bits per heavy atom. The Morgan fingerprint density at radius 3 is 3.00 bits per heavy atom. The van der Waals surface area contributed by atoms with Crippen LogP contribution in [-0.2, 0) is 16.1 Å². The Labute approximate surface area is 160 Å². The van der Waals surface area contributed by atoms with Crippen LogP contribution >= 0.6 is 0 Å². The van der Waals surface area contributed by atoms with Crippen molar-refractivity contribution in [1.29, 1.82) is 0 Å². The summed E-state index contributed by atoms with van der Waals surface area (Å²) in [5.74, 6) is 0.255. The van der Waals surface area contributed by atoms with Crippen LogP contribution in [0.4, 0.5) is 20.5 Å². The molecule has 0 aliphatic heterocycles. The fourth-order valence-electron chi connectivity index (χ4n) is 3.02. The standard InChI is InChI=1S/C18H22F2N6O2/c1-2-3-6-22-16-15-13(24-18(21)25-16)8-23-26(15)9-12-5-4-11(10-27)7-14(12)28-17(19)20/h4-5,8,10-11,17H,2-3,6-7,9H2,1H3,(H3,21,22,24,25). The van der Waals surface area contributed by atoms with Gasteiger partial charge in [-0.2, -0.15) is 18.9 Å². The number of alkyl halides is 2. The van der Waals surface area contributed by atoms with E-state index in [4.69, 9.17) is 5.73 Å². The minimum atomic E-state index is -2.97. The lowest BCUT2D eigenvalue weighted by atomic mass is 9.96. The number of rotatable bonds is 9. The molecular weight excluding hydrogens is 370 g/mol. The first-order valence-corrected chi connectivity index (χ1v) is 9.05. The highest BCUT2D eigenvalue weighted by molar-refractivity contribution is 5.86. The third-order valence-electron chi connectivity index (χ3n) is 4.38. The second-order valence-corrected chi connectivity index (χ2v) is 6.44. The maximum Gasteiger partial charge on any atom is 0.387 e. The number of hydrogen-bond donors (Lipinski definition) is 2. The summed E-state index contributed by atoms with van der Waals surface area (Å²) in [6.45, 7) is -0.0120. The number of halogens is 2. The summed E-state index contributed by atoms with van der Waals surface area (Å²) in [7, 11) is 0. The van der Waals surface area contributed by atoms with Crippen molar-refractivity contribution in [2.45, 2.75) is 39.3 Å². The van der Waals surface area contributed by atoms with Gasteiger partial charge in [0.05, 0.1) is 12.7 Å². The number of unbranched alkanes of at least 4 members (excludes halogenated alkanes) is 1. The van der Waals surface area contributed by atoms with Gasteiger partial charge in [-0.3, -0.25) is 4.68 Å². The summed E-state index contributed by atoms with van der Waals surface area (Å²) in [6.07, 6.45) is 7.60. The number of hydrogen-bond acceptors (Lipinski definition) is 7. The van der Waals surface area contributed by atoms with Gasteiger partial charge in [-0.05, 0) is 6.42 Å². The molecular formula is C18H22F2N6O2. The molecule has 2 aromatic heterocycles. The molecule has 0 fully saturated rings. The third kappa shape index (κ3) is 4.44. The van der Waals surface area contributed by atoms with Crippen LogP contribution in [0.25, 0.3) is 11.0 Å². The molecule has 150 valence electrons. The van der Waals surface area contributed by atoms with E-state index in [0.29, 0.717) is 35.3 Å². The zero-order valence-corrected chi connectivity index (χ0v) is 15.4. The molecule has 3 N–H and O–H groups in total. The van der Waals surface area contributed by atoms with Crippen LogP contribution in [0.3, 0.4) is 0 Å². The zero-order valence-electron chi connectivity index (χ0n) is 15.4. The van der Waals surface area contributed by atoms with Gasteiger partial charge in [0.15, 0.2) is 5.82 Å². The average Bonchev–Trinajstić information content (AvgIpc) is 3.05. The lowest BCUT2D eigenvalue weighted by molar-refractivity contribution is -0.113. The van der Waals surface area contributed by atoms with Crippen LogP contribution in [0.1, 0.15) is 26.2 Å². The van der Waals surface area contributed by atoms with Crippen LogP contribution in [-0.4, -0.2) is 39.2 Å². The maximum absolute atomic E-state index is 12.8. The number of nitrogen functional groups attached to an aromatic ring is 1. The Morgan fingerprint density at radius 1 is 1.46 bits per heavy atom. The van der Waals surface area contributed by atoms with Crippen LogP contribution in [0.5, 0.6) is 0 Å². The Balaban J connectivity index is 1.95. The number of aldehydes is 1. The first kappa shape index (κ1) is 19.7. The maximum atomic E-state index is 12.8. The van der Waals surface area contributed by atoms with E-state index in [9.17, 15) is 13.6 Å². The summed E-state index contributed by atoms with van der Waals surface area (Å²) in [6, 6.07) is 0. The quantitative estimate of drug-likeness (QED) is 0.499. The number of fused-ring (bicyclic) bond motifs is 1. The fraction of sp³-hybridized carbons (Fsp3) is 0.444. The Kier molecular flexibility index (Phi) is 6.17. The van der Waals surface area contributed by atoms with Gasteiger partial charge in [-0.25, -0.2) is 4.98 Å². The number of allylic oxidation sites excluding steroid dienone is 4. The molecule has 3 rings (SSSR count). The van der Waals surface area contributed by atoms with Crippen LogP contribution in [0.15, 0.2) is 29.7 Å². The molecule has 0 amide bonds. The van der Waals surface area contributed by atoms with Gasteiger partial charge in [0.25, 0.3) is 0 Å². The molecule has 1 aliphatic carbocycles. The molecule has 0 saturated carbocycles. The first-order valence-electron chi connectivity index (χ1n) is 9.05. The molecule has 2 aromatic rings. The van der Waals surface area contributed by atoms with Gasteiger partial charge >= 0.3 is 6.61 Å². The Hall–Kier alpha value is -3.04. The molecule has 1 atom stereocenters. The van der Waals surface area contributed by atoms with E-state index in [0.717, 1.165) is 12.8 Å². The van der Waals surface area contributed by atoms with E-state index in [1.807, 2.05) is 0 Å². The second kappa shape index (κ2) is 8.77. The van der Waals surface area contributed by atoms with Crippen molar-refractivity contribution in [1.82, 2.24) is 19.7 Å². The SMILES string of the molecule is CCCCNc1nc(N)nc2cnn(CC3=C(OC(F)F)CC(C=O)C=C3)c12. The van der Waals surface area contributed by atoms with Gasteiger partial charge in [0.2, 0.25) is 5.95 Å². The largest absolute Gasteiger partial charge is 0.439 e. The van der Waals surface area contributed by atoms with Gasteiger partial charge in [-0.15, -0.1) is 0 Å². The molecule has 28 heavy (non-hydrogen) atoms. The molecule has 2 heterocycles. The molecule has 0 bridgehead atoms. The summed E-state index contributed by atoms with van der Waals surface area (Å²) in [5, 5.41) is 7.54. The second-order valence-electron chi connectivity index (χ2n) is 6.44. The average molecular weight is 392 g/mol. The van der Waals surface area contributed by atoms with Crippen molar-refractivity contribution in [3.63, 3.8) is 0 Å². The zero-order chi connectivity index (χ0) is 20.1. The van der Waals surface area contributed by atoms with Gasteiger partial charge < -0.3 is 20.6 Å². The van der Waals surface area contributed by atoms with E-state index in [-0.39, 0.29) is 24.7 Å². The van der Waals surface area contributed by atoms with Crippen molar-refractivity contribution in [2.75, 3.05) is 17.6 Å². The molecule has 0 aromatic carbocycles. The van der Waals surface area contributed by atoms with E-state index in [1.54, 1.807) is 23.0 Å². The first-order chi connectivity index (χ1) is 13.5. The number of aromatic nitrogens is 4. The number of carbonyl (C=O) groups is 1. The van der Waals surface area contributed by atoms with Crippen molar-refractivity contribution in [3.05, 3.63) is 29.7 Å². The lowest BCUT2D eigenvalue weighted by Gasteiger charge is -2.20. The predicted octanol–water partition coefficient (Wildman–Crippen LogP) is 2.89. The van der Waals surface area contributed by atoms with Crippen molar-refractivity contribution >= 4 is 29.1 Å². The summed E-state index contributed by atoms with van der Waals surface area (Å²) in [5.41, 5.74) is 7.46. The minimum Gasteiger partial charge on any atom is -0.439 e. The Bertz CT molecular complexity index is 909. The van der Waals surface area contributed by atoms with Crippen molar-refractivity contribution in [2.24, 2.45) is 5.92 Å². The number of carbonyl (C=O) groups excluding carboxylic acids is 1. The third-order valence-corrected chi connectivity index (χ3v) is 4.38. The number of nitrogens with zero attached hydrogens (tertiary/aromatic N) is 4. The summed E-state index contributed by atoms with van der Waals surface area (Å²) < 4.78 is 31.9. The molecule has 8 nitrogen and oxygen atoms in total. The highest BCUT2D eigenvalue weighted by Crippen LogP contribution is 2.28. The van der Waals surface area contributed by atoms with Crippen LogP contribution in [0.2, 0.25) is 0 Å². The number of anilines is 2. The van der Waals surface area contributed by atoms with Crippen molar-refractivity contribution in [3.8, 4) is 0 Å². The lowest BCUT2D eigenvalue weighted by Crippen LogP contribution is -2.15. The normalized spacial score (nSPS) is 16.8. The summed E-state index contributed by atoms with van der Waals surface area (Å²) >= 11 is 0. The molecule has 0 spiro atoms. The monoisotopic (exact) mass is 392 g/mol. The molecule has 1 unspecified atom stereocenters. The van der Waals surface area contributed by atoms with E-state index in [1.165, 1.54) is 0 Å². The van der Waals surface area contributed by atoms with Crippen LogP contribution in [0, 0.1) is 5.92 Å².